The van der Waals surface area contributed by atoms with E-state index in [9.17, 15) is 9.59 Å². The molecular formula is C18H21N3O3. The van der Waals surface area contributed by atoms with Crippen LogP contribution in [-0.2, 0) is 4.79 Å². The van der Waals surface area contributed by atoms with Crippen LogP contribution in [0.1, 0.15) is 36.4 Å². The maximum atomic E-state index is 12.3. The standard InChI is InChI=1S/C18H21N3O3/c1-13(2)11-16(20-17(22)14-7-4-3-5-8-14)18(23)21-19-12-15-9-6-10-24-15/h3-10,12-13,16H,11H2,1-2H3,(H,20,22)(H,21,23)/b19-12+/t16-/m0/s1. The second-order valence-corrected chi connectivity index (χ2v) is 5.77. The number of rotatable bonds is 7. The number of nitrogens with zero attached hydrogens (tertiary/aromatic N) is 1. The second kappa shape index (κ2) is 8.67. The van der Waals surface area contributed by atoms with Crippen LogP contribution in [0.4, 0.5) is 0 Å². The van der Waals surface area contributed by atoms with E-state index in [0.717, 1.165) is 0 Å². The van der Waals surface area contributed by atoms with Gasteiger partial charge in [-0.05, 0) is 36.6 Å². The fourth-order valence-corrected chi connectivity index (χ4v) is 2.14. The van der Waals surface area contributed by atoms with Crippen molar-refractivity contribution in [2.24, 2.45) is 11.0 Å². The van der Waals surface area contributed by atoms with Gasteiger partial charge in [-0.25, -0.2) is 5.43 Å². The predicted molar refractivity (Wildman–Crippen MR) is 91.6 cm³/mol. The molecule has 2 N–H and O–H groups in total. The van der Waals surface area contributed by atoms with E-state index in [-0.39, 0.29) is 17.7 Å². The molecule has 6 heteroatoms. The van der Waals surface area contributed by atoms with E-state index >= 15 is 0 Å². The number of nitrogens with one attached hydrogen (secondary N) is 2. The first-order valence-electron chi connectivity index (χ1n) is 7.78. The highest BCUT2D eigenvalue weighted by Gasteiger charge is 2.22. The summed E-state index contributed by atoms with van der Waals surface area (Å²) in [7, 11) is 0. The Morgan fingerprint density at radius 1 is 1.17 bits per heavy atom. The molecule has 2 rings (SSSR count). The van der Waals surface area contributed by atoms with Gasteiger partial charge in [-0.15, -0.1) is 0 Å². The topological polar surface area (TPSA) is 83.7 Å². The third-order valence-corrected chi connectivity index (χ3v) is 3.27. The lowest BCUT2D eigenvalue weighted by atomic mass is 10.0. The number of hydrogen-bond acceptors (Lipinski definition) is 4. The van der Waals surface area contributed by atoms with Gasteiger partial charge in [0, 0.05) is 5.56 Å². The van der Waals surface area contributed by atoms with Crippen molar-refractivity contribution in [2.75, 3.05) is 0 Å². The van der Waals surface area contributed by atoms with Crippen molar-refractivity contribution < 1.29 is 14.0 Å². The smallest absolute Gasteiger partial charge is 0.262 e. The van der Waals surface area contributed by atoms with Crippen LogP contribution >= 0.6 is 0 Å². The number of benzene rings is 1. The van der Waals surface area contributed by atoms with Gasteiger partial charge in [0.25, 0.3) is 11.8 Å². The minimum Gasteiger partial charge on any atom is -0.463 e. The van der Waals surface area contributed by atoms with Crippen molar-refractivity contribution in [3.05, 3.63) is 60.1 Å². The number of hydrazone groups is 1. The van der Waals surface area contributed by atoms with Gasteiger partial charge in [-0.1, -0.05) is 32.0 Å². The number of carbonyl (C=O) groups excluding carboxylic acids is 2. The normalized spacial score (nSPS) is 12.3. The van der Waals surface area contributed by atoms with Crippen molar-refractivity contribution in [1.82, 2.24) is 10.7 Å². The van der Waals surface area contributed by atoms with Crippen molar-refractivity contribution in [1.29, 1.82) is 0 Å². The Labute approximate surface area is 140 Å². The van der Waals surface area contributed by atoms with E-state index < -0.39 is 6.04 Å². The Hall–Kier alpha value is -2.89. The number of carbonyl (C=O) groups is 2. The molecule has 0 fully saturated rings. The summed E-state index contributed by atoms with van der Waals surface area (Å²) in [6.07, 6.45) is 3.44. The van der Waals surface area contributed by atoms with E-state index in [1.54, 1.807) is 36.4 Å². The maximum Gasteiger partial charge on any atom is 0.262 e. The van der Waals surface area contributed by atoms with Gasteiger partial charge in [-0.3, -0.25) is 9.59 Å². The number of furan rings is 1. The minimum absolute atomic E-state index is 0.242. The average Bonchev–Trinajstić information content (AvgIpc) is 3.08. The molecule has 1 heterocycles. The van der Waals surface area contributed by atoms with Gasteiger partial charge < -0.3 is 9.73 Å². The van der Waals surface area contributed by atoms with Crippen LogP contribution in [0.2, 0.25) is 0 Å². The number of hydrogen-bond donors (Lipinski definition) is 2. The first-order chi connectivity index (χ1) is 11.6. The molecule has 0 saturated heterocycles. The van der Waals surface area contributed by atoms with Gasteiger partial charge >= 0.3 is 0 Å². The lowest BCUT2D eigenvalue weighted by molar-refractivity contribution is -0.123. The molecule has 1 atom stereocenters. The summed E-state index contributed by atoms with van der Waals surface area (Å²) < 4.78 is 5.09. The molecule has 1 aromatic heterocycles. The monoisotopic (exact) mass is 327 g/mol. The Kier molecular flexibility index (Phi) is 6.31. The average molecular weight is 327 g/mol. The van der Waals surface area contributed by atoms with Crippen molar-refractivity contribution >= 4 is 18.0 Å². The lowest BCUT2D eigenvalue weighted by Crippen LogP contribution is -2.46. The molecule has 0 bridgehead atoms. The summed E-state index contributed by atoms with van der Waals surface area (Å²) in [5.41, 5.74) is 2.95. The fraction of sp³-hybridized carbons (Fsp3) is 0.278. The number of amides is 2. The van der Waals surface area contributed by atoms with Crippen LogP contribution in [0.5, 0.6) is 0 Å². The zero-order valence-corrected chi connectivity index (χ0v) is 13.7. The zero-order chi connectivity index (χ0) is 17.4. The summed E-state index contributed by atoms with van der Waals surface area (Å²) in [6, 6.07) is 11.6. The molecule has 0 aliphatic carbocycles. The molecule has 0 unspecified atom stereocenters. The predicted octanol–water partition coefficient (Wildman–Crippen LogP) is 2.57. The Bertz CT molecular complexity index is 679. The molecule has 24 heavy (non-hydrogen) atoms. The van der Waals surface area contributed by atoms with Gasteiger partial charge in [0.1, 0.15) is 11.8 Å². The summed E-state index contributed by atoms with van der Waals surface area (Å²) in [6.45, 7) is 3.97. The van der Waals surface area contributed by atoms with Crippen molar-refractivity contribution in [3.63, 3.8) is 0 Å². The van der Waals surface area contributed by atoms with E-state index in [2.05, 4.69) is 15.8 Å². The Morgan fingerprint density at radius 3 is 2.54 bits per heavy atom. The first-order valence-corrected chi connectivity index (χ1v) is 7.78. The van der Waals surface area contributed by atoms with Gasteiger partial charge in [0.2, 0.25) is 0 Å². The SMILES string of the molecule is CC(C)C[C@H](NC(=O)c1ccccc1)C(=O)N/N=C/c1ccco1. The maximum absolute atomic E-state index is 12.3. The molecule has 1 aromatic carbocycles. The quantitative estimate of drug-likeness (QED) is 0.605. The van der Waals surface area contributed by atoms with E-state index in [1.807, 2.05) is 19.9 Å². The Balaban J connectivity index is 1.98. The first kappa shape index (κ1) is 17.5. The molecule has 0 radical (unpaired) electrons. The molecule has 0 aliphatic rings. The molecule has 0 aliphatic heterocycles. The van der Waals surface area contributed by atoms with Gasteiger partial charge in [-0.2, -0.15) is 5.10 Å². The zero-order valence-electron chi connectivity index (χ0n) is 13.7. The van der Waals surface area contributed by atoms with Crippen LogP contribution in [0.15, 0.2) is 58.2 Å². The molecule has 2 amide bonds. The highest BCUT2D eigenvalue weighted by Crippen LogP contribution is 2.07. The van der Waals surface area contributed by atoms with Crippen LogP contribution < -0.4 is 10.7 Å². The third-order valence-electron chi connectivity index (χ3n) is 3.27. The fourth-order valence-electron chi connectivity index (χ4n) is 2.14. The van der Waals surface area contributed by atoms with Crippen molar-refractivity contribution in [3.8, 4) is 0 Å². The van der Waals surface area contributed by atoms with E-state index in [1.165, 1.54) is 12.5 Å². The molecule has 6 nitrogen and oxygen atoms in total. The largest absolute Gasteiger partial charge is 0.463 e. The Morgan fingerprint density at radius 2 is 1.92 bits per heavy atom. The molecule has 126 valence electrons. The third kappa shape index (κ3) is 5.39. The summed E-state index contributed by atoms with van der Waals surface area (Å²) >= 11 is 0. The highest BCUT2D eigenvalue weighted by molar-refractivity contribution is 5.97. The van der Waals surface area contributed by atoms with Gasteiger partial charge in [0.05, 0.1) is 12.5 Å². The second-order valence-electron chi connectivity index (χ2n) is 5.77. The summed E-state index contributed by atoms with van der Waals surface area (Å²) in [5, 5.41) is 6.61. The molecule has 2 aromatic rings. The van der Waals surface area contributed by atoms with E-state index in [4.69, 9.17) is 4.42 Å². The van der Waals surface area contributed by atoms with Crippen molar-refractivity contribution in [2.45, 2.75) is 26.3 Å². The van der Waals surface area contributed by atoms with Crippen LogP contribution in [0, 0.1) is 5.92 Å². The lowest BCUT2D eigenvalue weighted by Gasteiger charge is -2.18. The molecule has 0 saturated carbocycles. The summed E-state index contributed by atoms with van der Waals surface area (Å²) in [5.74, 6) is 0.122. The van der Waals surface area contributed by atoms with Gasteiger partial charge in [0.15, 0.2) is 0 Å². The minimum atomic E-state index is -0.661. The summed E-state index contributed by atoms with van der Waals surface area (Å²) in [4.78, 5) is 24.6. The highest BCUT2D eigenvalue weighted by atomic mass is 16.3. The molecule has 0 spiro atoms. The van der Waals surface area contributed by atoms with Crippen LogP contribution in [-0.4, -0.2) is 24.1 Å². The van der Waals surface area contributed by atoms with Crippen LogP contribution in [0.3, 0.4) is 0 Å². The van der Waals surface area contributed by atoms with E-state index in [0.29, 0.717) is 17.7 Å². The van der Waals surface area contributed by atoms with Crippen LogP contribution in [0.25, 0.3) is 0 Å². The molecular weight excluding hydrogens is 306 g/mol.